The summed E-state index contributed by atoms with van der Waals surface area (Å²) in [6.07, 6.45) is 3.12. The molecule has 0 atom stereocenters. The number of hydrogen-bond acceptors (Lipinski definition) is 8. The summed E-state index contributed by atoms with van der Waals surface area (Å²) in [5.74, 6) is 2.02. The number of amidine groups is 1. The minimum atomic E-state index is -0.113. The van der Waals surface area contributed by atoms with Gasteiger partial charge in [0.2, 0.25) is 0 Å². The van der Waals surface area contributed by atoms with Crippen LogP contribution in [0.25, 0.3) is 11.3 Å². The maximum atomic E-state index is 9.21. The molecule has 4 rings (SSSR count). The fourth-order valence-corrected chi connectivity index (χ4v) is 3.06. The molecule has 9 nitrogen and oxygen atoms in total. The highest BCUT2D eigenvalue weighted by Crippen LogP contribution is 2.27. The Labute approximate surface area is 190 Å². The molecule has 0 bridgehead atoms. The Morgan fingerprint density at radius 2 is 1.85 bits per heavy atom. The van der Waals surface area contributed by atoms with Crippen LogP contribution in [0.5, 0.6) is 11.5 Å². The molecule has 2 aromatic carbocycles. The first-order valence-electron chi connectivity index (χ1n) is 10.1. The number of benzene rings is 2. The van der Waals surface area contributed by atoms with Gasteiger partial charge in [-0.1, -0.05) is 47.1 Å². The lowest BCUT2D eigenvalue weighted by Crippen LogP contribution is -2.15. The quantitative estimate of drug-likeness (QED) is 0.157. The maximum absolute atomic E-state index is 9.21. The zero-order chi connectivity index (χ0) is 23.2. The molecule has 0 radical (unpaired) electrons. The van der Waals surface area contributed by atoms with Gasteiger partial charge in [0, 0.05) is 5.56 Å². The molecule has 168 valence electrons. The fraction of sp³-hybridized carbons (Fsp3) is 0.125. The molecule has 0 unspecified atom stereocenters. The lowest BCUT2D eigenvalue weighted by Gasteiger charge is -2.12. The van der Waals surface area contributed by atoms with Crippen LogP contribution in [0.1, 0.15) is 16.7 Å². The van der Waals surface area contributed by atoms with Gasteiger partial charge in [-0.15, -0.1) is 0 Å². The number of oxime groups is 1. The van der Waals surface area contributed by atoms with Crippen LogP contribution in [0.15, 0.2) is 76.6 Å². The van der Waals surface area contributed by atoms with Crippen LogP contribution >= 0.6 is 0 Å². The van der Waals surface area contributed by atoms with E-state index in [4.69, 9.17) is 19.6 Å². The molecule has 33 heavy (non-hydrogen) atoms. The van der Waals surface area contributed by atoms with E-state index in [1.807, 2.05) is 55.5 Å². The van der Waals surface area contributed by atoms with Gasteiger partial charge in [0.15, 0.2) is 11.6 Å². The first-order valence-corrected chi connectivity index (χ1v) is 10.1. The van der Waals surface area contributed by atoms with Gasteiger partial charge >= 0.3 is 6.01 Å². The van der Waals surface area contributed by atoms with Crippen molar-refractivity contribution in [1.82, 2.24) is 9.97 Å². The zero-order valence-electron chi connectivity index (χ0n) is 18.1. The van der Waals surface area contributed by atoms with Crippen molar-refractivity contribution in [2.45, 2.75) is 13.5 Å². The second-order valence-corrected chi connectivity index (χ2v) is 7.21. The average Bonchev–Trinajstić information content (AvgIpc) is 3.31. The molecule has 4 aromatic rings. The summed E-state index contributed by atoms with van der Waals surface area (Å²) in [6.45, 7) is 2.29. The predicted molar refractivity (Wildman–Crippen MR) is 124 cm³/mol. The standard InChI is InChI=1S/C24H23N5O4/c1-15-3-7-17(8-4-15)20-12-27-24(33-20)28-22-11-19(23(25)29-30)21(13-26-22)32-14-16-5-9-18(31-2)10-6-16/h3-13,30H,14H2,1-2H3,(H2,25,29)(H,26,27,28). The number of aromatic nitrogens is 2. The number of oxazole rings is 1. The van der Waals surface area contributed by atoms with Gasteiger partial charge in [0.05, 0.1) is 25.1 Å². The molecule has 0 aliphatic heterocycles. The van der Waals surface area contributed by atoms with Crippen molar-refractivity contribution in [3.63, 3.8) is 0 Å². The molecular weight excluding hydrogens is 422 g/mol. The number of methoxy groups -OCH3 is 1. The van der Waals surface area contributed by atoms with Gasteiger partial charge in [0.25, 0.3) is 0 Å². The summed E-state index contributed by atoms with van der Waals surface area (Å²) in [5, 5.41) is 15.3. The van der Waals surface area contributed by atoms with Crippen LogP contribution < -0.4 is 20.5 Å². The molecular formula is C24H23N5O4. The Hall–Kier alpha value is -4.53. The van der Waals surface area contributed by atoms with Crippen LogP contribution in [-0.4, -0.2) is 28.1 Å². The number of aryl methyl sites for hydroxylation is 1. The van der Waals surface area contributed by atoms with E-state index in [9.17, 15) is 5.21 Å². The Kier molecular flexibility index (Phi) is 6.40. The second-order valence-electron chi connectivity index (χ2n) is 7.21. The molecule has 0 fully saturated rings. The van der Waals surface area contributed by atoms with E-state index in [-0.39, 0.29) is 18.5 Å². The third kappa shape index (κ3) is 5.21. The Morgan fingerprint density at radius 3 is 2.55 bits per heavy atom. The minimum absolute atomic E-state index is 0.113. The van der Waals surface area contributed by atoms with Gasteiger partial charge in [-0.25, -0.2) is 9.97 Å². The third-order valence-electron chi connectivity index (χ3n) is 4.88. The van der Waals surface area contributed by atoms with Crippen molar-refractivity contribution in [3.05, 3.63) is 83.7 Å². The van der Waals surface area contributed by atoms with E-state index in [0.717, 1.165) is 22.4 Å². The number of ether oxygens (including phenoxy) is 2. The van der Waals surface area contributed by atoms with Crippen LogP contribution in [0.2, 0.25) is 0 Å². The molecule has 2 heterocycles. The van der Waals surface area contributed by atoms with E-state index in [2.05, 4.69) is 20.4 Å². The number of rotatable bonds is 8. The average molecular weight is 445 g/mol. The lowest BCUT2D eigenvalue weighted by atomic mass is 10.1. The summed E-state index contributed by atoms with van der Waals surface area (Å²) in [6, 6.07) is 17.2. The third-order valence-corrected chi connectivity index (χ3v) is 4.88. The summed E-state index contributed by atoms with van der Waals surface area (Å²) in [5.41, 5.74) is 9.23. The fourth-order valence-electron chi connectivity index (χ4n) is 3.06. The molecule has 2 aromatic heterocycles. The number of anilines is 2. The Morgan fingerprint density at radius 1 is 1.09 bits per heavy atom. The molecule has 9 heteroatoms. The summed E-state index contributed by atoms with van der Waals surface area (Å²) >= 11 is 0. The smallest absolute Gasteiger partial charge is 0.300 e. The van der Waals surface area contributed by atoms with Crippen molar-refractivity contribution in [3.8, 4) is 22.8 Å². The van der Waals surface area contributed by atoms with Crippen molar-refractivity contribution in [2.75, 3.05) is 12.4 Å². The van der Waals surface area contributed by atoms with Gasteiger partial charge in [-0.2, -0.15) is 0 Å². The molecule has 0 spiro atoms. The zero-order valence-corrected chi connectivity index (χ0v) is 18.1. The van der Waals surface area contributed by atoms with Crippen LogP contribution in [0, 0.1) is 6.92 Å². The molecule has 0 saturated carbocycles. The predicted octanol–water partition coefficient (Wildman–Crippen LogP) is 4.47. The first-order chi connectivity index (χ1) is 16.1. The number of nitrogens with zero attached hydrogens (tertiary/aromatic N) is 3. The summed E-state index contributed by atoms with van der Waals surface area (Å²) in [7, 11) is 1.61. The van der Waals surface area contributed by atoms with Crippen molar-refractivity contribution < 1.29 is 19.1 Å². The largest absolute Gasteiger partial charge is 0.497 e. The van der Waals surface area contributed by atoms with E-state index >= 15 is 0 Å². The monoisotopic (exact) mass is 445 g/mol. The molecule has 0 saturated heterocycles. The van der Waals surface area contributed by atoms with Crippen LogP contribution in [-0.2, 0) is 6.61 Å². The topological polar surface area (TPSA) is 128 Å². The molecule has 4 N–H and O–H groups in total. The van der Waals surface area contributed by atoms with E-state index in [1.54, 1.807) is 19.4 Å². The number of nitrogens with two attached hydrogens (primary N) is 1. The van der Waals surface area contributed by atoms with Gasteiger partial charge in [-0.3, -0.25) is 5.32 Å². The minimum Gasteiger partial charge on any atom is -0.497 e. The normalized spacial score (nSPS) is 11.3. The SMILES string of the molecule is COc1ccc(COc2cnc(Nc3ncc(-c4ccc(C)cc4)o3)cc2C(N)=NO)cc1. The molecule has 0 aliphatic rings. The van der Waals surface area contributed by atoms with Crippen LogP contribution in [0.4, 0.5) is 11.8 Å². The Bertz CT molecular complexity index is 1250. The molecule has 0 aliphatic carbocycles. The molecule has 0 amide bonds. The van der Waals surface area contributed by atoms with Crippen LogP contribution in [0.3, 0.4) is 0 Å². The van der Waals surface area contributed by atoms with E-state index in [1.165, 1.54) is 6.20 Å². The van der Waals surface area contributed by atoms with E-state index < -0.39 is 0 Å². The lowest BCUT2D eigenvalue weighted by molar-refractivity contribution is 0.302. The van der Waals surface area contributed by atoms with E-state index in [0.29, 0.717) is 22.9 Å². The van der Waals surface area contributed by atoms with Gasteiger partial charge in [0.1, 0.15) is 23.9 Å². The number of hydrogen-bond donors (Lipinski definition) is 3. The maximum Gasteiger partial charge on any atom is 0.300 e. The van der Waals surface area contributed by atoms with Crippen molar-refractivity contribution in [1.29, 1.82) is 0 Å². The van der Waals surface area contributed by atoms with Gasteiger partial charge in [-0.05, 0) is 30.7 Å². The summed E-state index contributed by atoms with van der Waals surface area (Å²) < 4.78 is 16.8. The van der Waals surface area contributed by atoms with Gasteiger partial charge < -0.3 is 24.8 Å². The van der Waals surface area contributed by atoms with Crippen molar-refractivity contribution >= 4 is 17.7 Å². The second kappa shape index (κ2) is 9.73. The van der Waals surface area contributed by atoms with Crippen molar-refractivity contribution in [2.24, 2.45) is 10.9 Å². The highest BCUT2D eigenvalue weighted by Gasteiger charge is 2.14. The highest BCUT2D eigenvalue weighted by molar-refractivity contribution is 6.00. The summed E-state index contributed by atoms with van der Waals surface area (Å²) in [4.78, 5) is 8.58. The Balaban J connectivity index is 1.51. The highest BCUT2D eigenvalue weighted by atomic mass is 16.5. The first kappa shape index (κ1) is 21.7. The number of pyridine rings is 1. The number of nitrogens with one attached hydrogen (secondary N) is 1.